The zero-order chi connectivity index (χ0) is 13.1. The average molecular weight is 310 g/mol. The van der Waals surface area contributed by atoms with Crippen molar-refractivity contribution in [1.29, 1.82) is 0 Å². The summed E-state index contributed by atoms with van der Waals surface area (Å²) in [6.45, 7) is 0. The van der Waals surface area contributed by atoms with Gasteiger partial charge < -0.3 is 10.5 Å². The molecule has 0 unspecified atom stereocenters. The highest BCUT2D eigenvalue weighted by molar-refractivity contribution is 9.10. The molecule has 0 atom stereocenters. The number of hydrogen-bond acceptors (Lipinski definition) is 2. The summed E-state index contributed by atoms with van der Waals surface area (Å²) in [4.78, 5) is 11.2. The number of rotatable bonds is 3. The molecule has 0 aromatic heterocycles. The van der Waals surface area contributed by atoms with Crippen molar-refractivity contribution in [3.05, 3.63) is 58.3 Å². The first kappa shape index (κ1) is 12.6. The third-order valence-corrected chi connectivity index (χ3v) is 2.78. The Morgan fingerprint density at radius 3 is 2.44 bits per heavy atom. The molecule has 1 amide bonds. The summed E-state index contributed by atoms with van der Waals surface area (Å²) in [7, 11) is 0. The van der Waals surface area contributed by atoms with Crippen LogP contribution in [0.1, 0.15) is 10.4 Å². The van der Waals surface area contributed by atoms with Gasteiger partial charge in [0.25, 0.3) is 5.91 Å². The highest BCUT2D eigenvalue weighted by Gasteiger charge is 2.11. The summed E-state index contributed by atoms with van der Waals surface area (Å²) < 4.78 is 19.4. The molecule has 0 saturated heterocycles. The van der Waals surface area contributed by atoms with E-state index in [4.69, 9.17) is 10.5 Å². The molecule has 2 N–H and O–H groups in total. The first-order chi connectivity index (χ1) is 8.56. The second-order valence-corrected chi connectivity index (χ2v) is 4.48. The summed E-state index contributed by atoms with van der Waals surface area (Å²) in [5.41, 5.74) is 5.18. The lowest BCUT2D eigenvalue weighted by Gasteiger charge is -2.09. The molecular formula is C13H9BrFNO2. The van der Waals surface area contributed by atoms with Crippen molar-refractivity contribution in [2.24, 2.45) is 5.73 Å². The van der Waals surface area contributed by atoms with Gasteiger partial charge in [0.15, 0.2) is 0 Å². The Kier molecular flexibility index (Phi) is 3.62. The number of carbonyl (C=O) groups excluding carboxylic acids is 1. The minimum Gasteiger partial charge on any atom is -0.457 e. The zero-order valence-corrected chi connectivity index (χ0v) is 10.8. The lowest BCUT2D eigenvalue weighted by atomic mass is 10.2. The Labute approximate surface area is 112 Å². The standard InChI is InChI=1S/C13H9BrFNO2/c14-8-1-4-10(5-2-8)18-12-6-3-9(15)7-11(12)13(16)17/h1-7H,(H2,16,17). The number of benzene rings is 2. The summed E-state index contributed by atoms with van der Waals surface area (Å²) >= 11 is 3.30. The summed E-state index contributed by atoms with van der Waals surface area (Å²) in [6, 6.07) is 10.7. The molecule has 3 nitrogen and oxygen atoms in total. The lowest BCUT2D eigenvalue weighted by molar-refractivity contribution is 0.0997. The molecule has 0 spiro atoms. The fourth-order valence-corrected chi connectivity index (χ4v) is 1.68. The van der Waals surface area contributed by atoms with E-state index >= 15 is 0 Å². The van der Waals surface area contributed by atoms with Gasteiger partial charge in [-0.15, -0.1) is 0 Å². The molecule has 0 saturated carbocycles. The average Bonchev–Trinajstić information content (AvgIpc) is 2.34. The van der Waals surface area contributed by atoms with Crippen LogP contribution in [0.5, 0.6) is 11.5 Å². The van der Waals surface area contributed by atoms with Crippen LogP contribution in [0.15, 0.2) is 46.9 Å². The third-order valence-electron chi connectivity index (χ3n) is 2.25. The maximum atomic E-state index is 13.0. The van der Waals surface area contributed by atoms with Gasteiger partial charge in [-0.25, -0.2) is 4.39 Å². The van der Waals surface area contributed by atoms with Crippen LogP contribution < -0.4 is 10.5 Å². The molecule has 18 heavy (non-hydrogen) atoms. The maximum absolute atomic E-state index is 13.0. The van der Waals surface area contributed by atoms with E-state index in [1.807, 2.05) is 0 Å². The van der Waals surface area contributed by atoms with Crippen LogP contribution >= 0.6 is 15.9 Å². The molecule has 0 aliphatic rings. The second-order valence-electron chi connectivity index (χ2n) is 3.56. The van der Waals surface area contributed by atoms with Crippen molar-refractivity contribution in [3.8, 4) is 11.5 Å². The molecule has 2 aromatic rings. The van der Waals surface area contributed by atoms with E-state index in [-0.39, 0.29) is 11.3 Å². The SMILES string of the molecule is NC(=O)c1cc(F)ccc1Oc1ccc(Br)cc1. The maximum Gasteiger partial charge on any atom is 0.252 e. The predicted octanol–water partition coefficient (Wildman–Crippen LogP) is 3.48. The molecule has 2 rings (SSSR count). The molecule has 0 aliphatic carbocycles. The van der Waals surface area contributed by atoms with Gasteiger partial charge in [0.2, 0.25) is 0 Å². The van der Waals surface area contributed by atoms with Crippen LogP contribution in [-0.2, 0) is 0 Å². The number of hydrogen-bond donors (Lipinski definition) is 1. The van der Waals surface area contributed by atoms with Crippen LogP contribution in [0, 0.1) is 5.82 Å². The smallest absolute Gasteiger partial charge is 0.252 e. The first-order valence-corrected chi connectivity index (χ1v) is 5.88. The normalized spacial score (nSPS) is 10.1. The van der Waals surface area contributed by atoms with Crippen molar-refractivity contribution < 1.29 is 13.9 Å². The number of nitrogens with two attached hydrogens (primary N) is 1. The number of primary amides is 1. The number of halogens is 2. The van der Waals surface area contributed by atoms with E-state index < -0.39 is 11.7 Å². The second kappa shape index (κ2) is 5.18. The first-order valence-electron chi connectivity index (χ1n) is 5.09. The molecular weight excluding hydrogens is 301 g/mol. The number of amides is 1. The van der Waals surface area contributed by atoms with Gasteiger partial charge in [0, 0.05) is 4.47 Å². The monoisotopic (exact) mass is 309 g/mol. The van der Waals surface area contributed by atoms with Crippen molar-refractivity contribution in [3.63, 3.8) is 0 Å². The fraction of sp³-hybridized carbons (Fsp3) is 0. The van der Waals surface area contributed by atoms with Crippen molar-refractivity contribution >= 4 is 21.8 Å². The summed E-state index contributed by atoms with van der Waals surface area (Å²) in [5, 5.41) is 0. The summed E-state index contributed by atoms with van der Waals surface area (Å²) in [6.07, 6.45) is 0. The lowest BCUT2D eigenvalue weighted by Crippen LogP contribution is -2.12. The largest absolute Gasteiger partial charge is 0.457 e. The van der Waals surface area contributed by atoms with E-state index in [9.17, 15) is 9.18 Å². The molecule has 0 bridgehead atoms. The van der Waals surface area contributed by atoms with E-state index in [1.165, 1.54) is 12.1 Å². The van der Waals surface area contributed by atoms with E-state index in [0.29, 0.717) is 5.75 Å². The molecule has 0 fully saturated rings. The Morgan fingerprint density at radius 1 is 1.17 bits per heavy atom. The van der Waals surface area contributed by atoms with Gasteiger partial charge in [-0.05, 0) is 42.5 Å². The van der Waals surface area contributed by atoms with E-state index in [1.54, 1.807) is 24.3 Å². The van der Waals surface area contributed by atoms with Crippen molar-refractivity contribution in [1.82, 2.24) is 0 Å². The Balaban J connectivity index is 2.34. The molecule has 2 aromatic carbocycles. The Hall–Kier alpha value is -1.88. The van der Waals surface area contributed by atoms with Crippen LogP contribution in [0.3, 0.4) is 0 Å². The van der Waals surface area contributed by atoms with Gasteiger partial charge in [-0.3, -0.25) is 4.79 Å². The Bertz CT molecular complexity index is 584. The zero-order valence-electron chi connectivity index (χ0n) is 9.19. The van der Waals surface area contributed by atoms with Gasteiger partial charge >= 0.3 is 0 Å². The van der Waals surface area contributed by atoms with Crippen LogP contribution in [0.25, 0.3) is 0 Å². The quantitative estimate of drug-likeness (QED) is 0.943. The van der Waals surface area contributed by atoms with Crippen molar-refractivity contribution in [2.45, 2.75) is 0 Å². The molecule has 92 valence electrons. The van der Waals surface area contributed by atoms with Gasteiger partial charge in [-0.1, -0.05) is 15.9 Å². The van der Waals surface area contributed by atoms with Crippen molar-refractivity contribution in [2.75, 3.05) is 0 Å². The predicted molar refractivity (Wildman–Crippen MR) is 69.1 cm³/mol. The molecule has 0 heterocycles. The van der Waals surface area contributed by atoms with Gasteiger partial charge in [-0.2, -0.15) is 0 Å². The number of carbonyl (C=O) groups is 1. The van der Waals surface area contributed by atoms with E-state index in [2.05, 4.69) is 15.9 Å². The van der Waals surface area contributed by atoms with E-state index in [0.717, 1.165) is 10.5 Å². The fourth-order valence-electron chi connectivity index (χ4n) is 1.41. The highest BCUT2D eigenvalue weighted by atomic mass is 79.9. The van der Waals surface area contributed by atoms with Crippen LogP contribution in [-0.4, -0.2) is 5.91 Å². The third kappa shape index (κ3) is 2.87. The van der Waals surface area contributed by atoms with Gasteiger partial charge in [0.05, 0.1) is 5.56 Å². The minimum absolute atomic E-state index is 0.0120. The minimum atomic E-state index is -0.735. The summed E-state index contributed by atoms with van der Waals surface area (Å²) in [5.74, 6) is -0.507. The van der Waals surface area contributed by atoms with Gasteiger partial charge in [0.1, 0.15) is 17.3 Å². The van der Waals surface area contributed by atoms with Crippen LogP contribution in [0.4, 0.5) is 4.39 Å². The van der Waals surface area contributed by atoms with Crippen LogP contribution in [0.2, 0.25) is 0 Å². The molecule has 5 heteroatoms. The molecule has 0 aliphatic heterocycles. The number of ether oxygens (including phenoxy) is 1. The highest BCUT2D eigenvalue weighted by Crippen LogP contribution is 2.26. The Morgan fingerprint density at radius 2 is 1.83 bits per heavy atom. The molecule has 0 radical (unpaired) electrons. The topological polar surface area (TPSA) is 52.3 Å².